The highest BCUT2D eigenvalue weighted by Gasteiger charge is 2.51. The zero-order chi connectivity index (χ0) is 18.9. The standard InChI is InChI=1S/C20H25BO5/c1-14(22)23-10-11-24-18-9-7-15-12-17(8-6-16(15)13-18)21-25-19(2,3)20(4,5)26-21/h6-9,12-13H,10-11H2,1-5H3. The Kier molecular flexibility index (Phi) is 4.99. The lowest BCUT2D eigenvalue weighted by Crippen LogP contribution is -2.41. The van der Waals surface area contributed by atoms with Gasteiger partial charge in [0.15, 0.2) is 0 Å². The lowest BCUT2D eigenvalue weighted by atomic mass is 9.78. The van der Waals surface area contributed by atoms with Crippen LogP contribution in [0.3, 0.4) is 0 Å². The summed E-state index contributed by atoms with van der Waals surface area (Å²) in [7, 11) is -0.371. The molecule has 0 aromatic heterocycles. The molecule has 0 unspecified atom stereocenters. The lowest BCUT2D eigenvalue weighted by molar-refractivity contribution is -0.141. The third kappa shape index (κ3) is 3.86. The molecule has 2 aromatic carbocycles. The summed E-state index contributed by atoms with van der Waals surface area (Å²) in [5, 5.41) is 2.15. The Morgan fingerprint density at radius 3 is 2.23 bits per heavy atom. The molecule has 0 amide bonds. The largest absolute Gasteiger partial charge is 0.494 e. The zero-order valence-corrected chi connectivity index (χ0v) is 16.0. The SMILES string of the molecule is CC(=O)OCCOc1ccc2cc(B3OC(C)(C)C(C)(C)O3)ccc2c1. The first-order valence-corrected chi connectivity index (χ1v) is 8.83. The van der Waals surface area contributed by atoms with Gasteiger partial charge in [-0.1, -0.05) is 24.3 Å². The monoisotopic (exact) mass is 356 g/mol. The normalized spacial score (nSPS) is 18.1. The predicted molar refractivity (Wildman–Crippen MR) is 102 cm³/mol. The maximum absolute atomic E-state index is 10.8. The second-order valence-electron chi connectivity index (χ2n) is 7.55. The minimum absolute atomic E-state index is 0.244. The van der Waals surface area contributed by atoms with Crippen LogP contribution in [-0.4, -0.2) is 37.5 Å². The van der Waals surface area contributed by atoms with Gasteiger partial charge in [0.2, 0.25) is 0 Å². The molecule has 1 aliphatic rings. The van der Waals surface area contributed by atoms with Crippen LogP contribution in [0.15, 0.2) is 36.4 Å². The Balaban J connectivity index is 1.72. The van der Waals surface area contributed by atoms with Gasteiger partial charge in [-0.3, -0.25) is 4.79 Å². The fourth-order valence-corrected chi connectivity index (χ4v) is 2.80. The molecule has 1 fully saturated rings. The molecule has 0 saturated carbocycles. The smallest absolute Gasteiger partial charge is 0.490 e. The summed E-state index contributed by atoms with van der Waals surface area (Å²) >= 11 is 0. The van der Waals surface area contributed by atoms with Crippen molar-refractivity contribution >= 4 is 29.3 Å². The summed E-state index contributed by atoms with van der Waals surface area (Å²) in [6, 6.07) is 12.0. The molecule has 0 aliphatic carbocycles. The van der Waals surface area contributed by atoms with Crippen LogP contribution < -0.4 is 10.2 Å². The van der Waals surface area contributed by atoms with Crippen LogP contribution in [0.5, 0.6) is 5.75 Å². The topological polar surface area (TPSA) is 54.0 Å². The Hall–Kier alpha value is -2.05. The van der Waals surface area contributed by atoms with Gasteiger partial charge >= 0.3 is 13.1 Å². The number of carbonyl (C=O) groups is 1. The lowest BCUT2D eigenvalue weighted by Gasteiger charge is -2.32. The van der Waals surface area contributed by atoms with Crippen LogP contribution in [0.25, 0.3) is 10.8 Å². The summed E-state index contributed by atoms with van der Waals surface area (Å²) < 4.78 is 22.7. The molecule has 3 rings (SSSR count). The molecule has 0 radical (unpaired) electrons. The molecule has 1 aliphatic heterocycles. The third-order valence-corrected chi connectivity index (χ3v) is 5.02. The van der Waals surface area contributed by atoms with E-state index in [9.17, 15) is 4.79 Å². The minimum Gasteiger partial charge on any atom is -0.490 e. The molecule has 6 heteroatoms. The van der Waals surface area contributed by atoms with Crippen LogP contribution in [0.4, 0.5) is 0 Å². The number of esters is 1. The van der Waals surface area contributed by atoms with Gasteiger partial charge < -0.3 is 18.8 Å². The molecule has 0 atom stereocenters. The Morgan fingerprint density at radius 2 is 1.58 bits per heavy atom. The maximum atomic E-state index is 10.8. The number of ether oxygens (including phenoxy) is 2. The number of hydrogen-bond acceptors (Lipinski definition) is 5. The fourth-order valence-electron chi connectivity index (χ4n) is 2.80. The van der Waals surface area contributed by atoms with E-state index in [0.717, 1.165) is 22.0 Å². The van der Waals surface area contributed by atoms with Gasteiger partial charge in [0, 0.05) is 6.92 Å². The van der Waals surface area contributed by atoms with Gasteiger partial charge in [0.1, 0.15) is 19.0 Å². The van der Waals surface area contributed by atoms with Crippen molar-refractivity contribution in [1.29, 1.82) is 0 Å². The summed E-state index contributed by atoms with van der Waals surface area (Å²) in [6.07, 6.45) is 0. The predicted octanol–water partition coefficient (Wildman–Crippen LogP) is 3.08. The zero-order valence-electron chi connectivity index (χ0n) is 16.0. The highest BCUT2D eigenvalue weighted by molar-refractivity contribution is 6.62. The van der Waals surface area contributed by atoms with Crippen LogP contribution in [0.1, 0.15) is 34.6 Å². The van der Waals surface area contributed by atoms with Crippen molar-refractivity contribution in [1.82, 2.24) is 0 Å². The van der Waals surface area contributed by atoms with Crippen molar-refractivity contribution in [3.05, 3.63) is 36.4 Å². The molecule has 0 N–H and O–H groups in total. The summed E-state index contributed by atoms with van der Waals surface area (Å²) in [5.74, 6) is 0.440. The molecular weight excluding hydrogens is 331 g/mol. The molecule has 0 bridgehead atoms. The highest BCUT2D eigenvalue weighted by Crippen LogP contribution is 2.36. The summed E-state index contributed by atoms with van der Waals surface area (Å²) in [4.78, 5) is 10.8. The van der Waals surface area contributed by atoms with Crippen molar-refractivity contribution in [3.63, 3.8) is 0 Å². The van der Waals surface area contributed by atoms with Crippen LogP contribution in [0, 0.1) is 0 Å². The van der Waals surface area contributed by atoms with Crippen LogP contribution in [0.2, 0.25) is 0 Å². The van der Waals surface area contributed by atoms with Crippen LogP contribution >= 0.6 is 0 Å². The van der Waals surface area contributed by atoms with E-state index in [2.05, 4.69) is 6.07 Å². The van der Waals surface area contributed by atoms with E-state index >= 15 is 0 Å². The van der Waals surface area contributed by atoms with E-state index in [4.69, 9.17) is 18.8 Å². The summed E-state index contributed by atoms with van der Waals surface area (Å²) in [6.45, 7) is 10.2. The van der Waals surface area contributed by atoms with Gasteiger partial charge in [-0.25, -0.2) is 0 Å². The van der Waals surface area contributed by atoms with Crippen molar-refractivity contribution in [2.75, 3.05) is 13.2 Å². The van der Waals surface area contributed by atoms with Gasteiger partial charge in [-0.2, -0.15) is 0 Å². The average molecular weight is 356 g/mol. The van der Waals surface area contributed by atoms with Crippen molar-refractivity contribution in [3.8, 4) is 5.75 Å². The van der Waals surface area contributed by atoms with Crippen molar-refractivity contribution in [2.24, 2.45) is 0 Å². The molecule has 0 spiro atoms. The molecule has 5 nitrogen and oxygen atoms in total. The van der Waals surface area contributed by atoms with Crippen molar-refractivity contribution in [2.45, 2.75) is 45.8 Å². The van der Waals surface area contributed by atoms with E-state index in [1.807, 2.05) is 58.0 Å². The molecule has 1 saturated heterocycles. The molecule has 138 valence electrons. The first-order chi connectivity index (χ1) is 12.2. The number of hydrogen-bond donors (Lipinski definition) is 0. The van der Waals surface area contributed by atoms with Gasteiger partial charge in [-0.05, 0) is 56.1 Å². The van der Waals surface area contributed by atoms with E-state index < -0.39 is 0 Å². The van der Waals surface area contributed by atoms with E-state index in [1.165, 1.54) is 6.92 Å². The molecule has 1 heterocycles. The minimum atomic E-state index is -0.371. The van der Waals surface area contributed by atoms with Gasteiger partial charge in [0.25, 0.3) is 0 Å². The second-order valence-corrected chi connectivity index (χ2v) is 7.55. The Bertz CT molecular complexity index is 799. The van der Waals surface area contributed by atoms with E-state index in [-0.39, 0.29) is 30.9 Å². The molecule has 26 heavy (non-hydrogen) atoms. The fraction of sp³-hybridized carbons (Fsp3) is 0.450. The van der Waals surface area contributed by atoms with Crippen LogP contribution in [-0.2, 0) is 18.8 Å². The van der Waals surface area contributed by atoms with E-state index in [1.54, 1.807) is 0 Å². The number of rotatable bonds is 5. The quantitative estimate of drug-likeness (QED) is 0.468. The second kappa shape index (κ2) is 6.93. The summed E-state index contributed by atoms with van der Waals surface area (Å²) in [5.41, 5.74) is 0.290. The molecule has 2 aromatic rings. The Morgan fingerprint density at radius 1 is 0.962 bits per heavy atom. The molecular formula is C20H25BO5. The van der Waals surface area contributed by atoms with Gasteiger partial charge in [0.05, 0.1) is 11.2 Å². The highest BCUT2D eigenvalue weighted by atomic mass is 16.7. The third-order valence-electron chi connectivity index (χ3n) is 5.02. The number of benzene rings is 2. The maximum Gasteiger partial charge on any atom is 0.494 e. The number of carbonyl (C=O) groups excluding carboxylic acids is 1. The first-order valence-electron chi connectivity index (χ1n) is 8.83. The Labute approximate surface area is 154 Å². The van der Waals surface area contributed by atoms with Crippen molar-refractivity contribution < 1.29 is 23.6 Å². The number of fused-ring (bicyclic) bond motifs is 1. The average Bonchev–Trinajstić information content (AvgIpc) is 2.79. The first kappa shape index (κ1) is 18.7. The van der Waals surface area contributed by atoms with E-state index in [0.29, 0.717) is 6.61 Å². The van der Waals surface area contributed by atoms with Gasteiger partial charge in [-0.15, -0.1) is 0 Å².